The predicted molar refractivity (Wildman–Crippen MR) is 47.6 cm³/mol. The molecule has 1 aromatic heterocycles. The first kappa shape index (κ1) is 13.9. The van der Waals surface area contributed by atoms with Crippen LogP contribution in [0.2, 0.25) is 0 Å². The van der Waals surface area contributed by atoms with Crippen LogP contribution in [0.3, 0.4) is 0 Å². The summed E-state index contributed by atoms with van der Waals surface area (Å²) in [6.07, 6.45) is 14.6. The van der Waals surface area contributed by atoms with E-state index in [2.05, 4.69) is 23.3 Å². The minimum Gasteiger partial charge on any atom is -0.484 e. The molecule has 0 saturated carbocycles. The van der Waals surface area contributed by atoms with Crippen LogP contribution in [0.5, 0.6) is 0 Å². The summed E-state index contributed by atoms with van der Waals surface area (Å²) in [5.41, 5.74) is 0. The van der Waals surface area contributed by atoms with Gasteiger partial charge >= 0.3 is 19.5 Å². The fourth-order valence-corrected chi connectivity index (χ4v) is 0.581. The molecular weight excluding hydrogens is 235 g/mol. The fraction of sp³-hybridized carbons (Fsp3) is 0.100. The van der Waals surface area contributed by atoms with Gasteiger partial charge in [0.25, 0.3) is 0 Å². The molecule has 2 rings (SSSR count). The van der Waals surface area contributed by atoms with Crippen molar-refractivity contribution in [2.75, 3.05) is 0 Å². The second-order valence-corrected chi connectivity index (χ2v) is 1.82. The van der Waals surface area contributed by atoms with Gasteiger partial charge < -0.3 is 12.4 Å². The van der Waals surface area contributed by atoms with Gasteiger partial charge in [0.2, 0.25) is 0 Å². The van der Waals surface area contributed by atoms with Crippen molar-refractivity contribution < 1.29 is 19.5 Å². The van der Waals surface area contributed by atoms with Gasteiger partial charge in [0.1, 0.15) is 0 Å². The van der Waals surface area contributed by atoms with Crippen LogP contribution in [-0.4, -0.2) is 4.98 Å². The average molecular weight is 247 g/mol. The number of hydrogen-bond acceptors (Lipinski definition) is 0. The molecule has 0 aromatic carbocycles. The second kappa shape index (κ2) is 10.4. The Bertz CT molecular complexity index is 172. The van der Waals surface area contributed by atoms with Crippen molar-refractivity contribution in [3.63, 3.8) is 0 Å². The van der Waals surface area contributed by atoms with Gasteiger partial charge in [-0.1, -0.05) is 0 Å². The zero-order chi connectivity index (χ0) is 7.07. The van der Waals surface area contributed by atoms with E-state index in [0.29, 0.717) is 0 Å². The van der Waals surface area contributed by atoms with Gasteiger partial charge in [-0.25, -0.2) is 12.2 Å². The maximum atomic E-state index is 2.99. The second-order valence-electron chi connectivity index (χ2n) is 1.82. The molecule has 0 fully saturated rings. The molecule has 0 bridgehead atoms. The van der Waals surface area contributed by atoms with Crippen molar-refractivity contribution in [3.05, 3.63) is 56.3 Å². The third-order valence-corrected chi connectivity index (χ3v) is 1.03. The Labute approximate surface area is 87.3 Å². The number of allylic oxidation sites excluding steroid dienone is 4. The molecule has 0 aliphatic heterocycles. The summed E-state index contributed by atoms with van der Waals surface area (Å²) in [7, 11) is 0. The summed E-state index contributed by atoms with van der Waals surface area (Å²) in [6, 6.07) is 3.71. The topological polar surface area (TPSA) is 15.8 Å². The molecule has 0 saturated heterocycles. The van der Waals surface area contributed by atoms with Crippen molar-refractivity contribution in [1.29, 1.82) is 0 Å². The van der Waals surface area contributed by atoms with Crippen LogP contribution in [-0.2, 0) is 19.5 Å². The minimum absolute atomic E-state index is 0. The third kappa shape index (κ3) is 7.49. The number of H-pyrrole nitrogens is 1. The molecule has 0 spiro atoms. The normalized spacial score (nSPS) is 10.7. The van der Waals surface area contributed by atoms with Crippen molar-refractivity contribution in [3.8, 4) is 0 Å². The van der Waals surface area contributed by atoms with E-state index in [1.165, 1.54) is 0 Å². The zero-order valence-electron chi connectivity index (χ0n) is 7.02. The molecule has 1 heterocycles. The van der Waals surface area contributed by atoms with Crippen LogP contribution >= 0.6 is 0 Å². The molecule has 0 amide bonds. The molecule has 1 aliphatic carbocycles. The first-order valence-corrected chi connectivity index (χ1v) is 3.21. The van der Waals surface area contributed by atoms with Crippen LogP contribution < -0.4 is 0 Å². The average Bonchev–Trinajstić information content (AvgIpc) is 2.67. The van der Waals surface area contributed by atoms with E-state index in [1.54, 1.807) is 0 Å². The van der Waals surface area contributed by atoms with Crippen molar-refractivity contribution in [1.82, 2.24) is 4.98 Å². The Morgan fingerprint density at radius 3 is 2.33 bits per heavy atom. The standard InChI is InChI=1S/C5H5.C4H4N.CH3.Ru/c2*1-2-4-5-3-1;;/h1-3H,4H2;1-3,5H;1H3;/q3*-1;+3. The SMILES string of the molecule is [C-]1=CC=CC1.[CH3-].[Ru+3].[c-]1ccc[nH]1. The summed E-state index contributed by atoms with van der Waals surface area (Å²) in [6.45, 7) is 0. The van der Waals surface area contributed by atoms with Crippen molar-refractivity contribution in [2.24, 2.45) is 0 Å². The summed E-state index contributed by atoms with van der Waals surface area (Å²) in [5.74, 6) is 0. The Kier molecular flexibility index (Phi) is 12.1. The summed E-state index contributed by atoms with van der Waals surface area (Å²) in [4.78, 5) is 2.74. The molecule has 0 unspecified atom stereocenters. The maximum absolute atomic E-state index is 2.99. The molecule has 65 valence electrons. The zero-order valence-corrected chi connectivity index (χ0v) is 8.76. The van der Waals surface area contributed by atoms with Gasteiger partial charge in [0.15, 0.2) is 0 Å². The van der Waals surface area contributed by atoms with Crippen LogP contribution in [0.25, 0.3) is 0 Å². The molecule has 1 N–H and O–H groups in total. The van der Waals surface area contributed by atoms with E-state index >= 15 is 0 Å². The van der Waals surface area contributed by atoms with Gasteiger partial charge in [-0.3, -0.25) is 6.08 Å². The largest absolute Gasteiger partial charge is 3.00 e. The molecule has 1 aliphatic rings. The van der Waals surface area contributed by atoms with Gasteiger partial charge in [-0.2, -0.15) is 24.4 Å². The van der Waals surface area contributed by atoms with Gasteiger partial charge in [0, 0.05) is 0 Å². The fourth-order valence-electron chi connectivity index (χ4n) is 0.581. The first-order valence-electron chi connectivity index (χ1n) is 3.21. The number of aromatic amines is 1. The summed E-state index contributed by atoms with van der Waals surface area (Å²) < 4.78 is 0. The van der Waals surface area contributed by atoms with E-state index in [0.717, 1.165) is 6.42 Å². The van der Waals surface area contributed by atoms with Crippen LogP contribution in [0, 0.1) is 19.7 Å². The Hall–Kier alpha value is -0.617. The van der Waals surface area contributed by atoms with Crippen LogP contribution in [0.15, 0.2) is 36.6 Å². The Morgan fingerprint density at radius 1 is 1.33 bits per heavy atom. The van der Waals surface area contributed by atoms with Gasteiger partial charge in [-0.05, 0) is 0 Å². The first-order chi connectivity index (χ1) is 5.00. The monoisotopic (exact) mass is 248 g/mol. The molecule has 0 atom stereocenters. The van der Waals surface area contributed by atoms with E-state index in [-0.39, 0.29) is 26.9 Å². The molecule has 12 heavy (non-hydrogen) atoms. The molecule has 2 heteroatoms. The van der Waals surface area contributed by atoms with Crippen LogP contribution in [0.1, 0.15) is 6.42 Å². The van der Waals surface area contributed by atoms with Gasteiger partial charge in [0.05, 0.1) is 0 Å². The predicted octanol–water partition coefficient (Wildman–Crippen LogP) is 2.57. The number of aromatic nitrogens is 1. The van der Waals surface area contributed by atoms with Crippen molar-refractivity contribution >= 4 is 0 Å². The molecule has 1 radical (unpaired) electrons. The summed E-state index contributed by atoms with van der Waals surface area (Å²) in [5, 5.41) is 0. The third-order valence-electron chi connectivity index (χ3n) is 1.03. The number of hydrogen-bond donors (Lipinski definition) is 1. The van der Waals surface area contributed by atoms with E-state index in [4.69, 9.17) is 0 Å². The minimum atomic E-state index is 0. The van der Waals surface area contributed by atoms with Crippen molar-refractivity contribution in [2.45, 2.75) is 6.42 Å². The Morgan fingerprint density at radius 2 is 2.17 bits per heavy atom. The maximum Gasteiger partial charge on any atom is 3.00 e. The quantitative estimate of drug-likeness (QED) is 0.535. The number of rotatable bonds is 0. The smallest absolute Gasteiger partial charge is 0.484 e. The Balaban J connectivity index is 0. The van der Waals surface area contributed by atoms with E-state index in [9.17, 15) is 0 Å². The van der Waals surface area contributed by atoms with E-state index in [1.807, 2.05) is 30.5 Å². The number of nitrogens with one attached hydrogen (secondary N) is 1. The summed E-state index contributed by atoms with van der Waals surface area (Å²) >= 11 is 0. The molecule has 1 aromatic rings. The van der Waals surface area contributed by atoms with Gasteiger partial charge in [-0.15, -0.1) is 12.6 Å². The molecule has 1 nitrogen and oxygen atoms in total. The van der Waals surface area contributed by atoms with Crippen LogP contribution in [0.4, 0.5) is 0 Å². The molecular formula is C10H12NRu. The van der Waals surface area contributed by atoms with E-state index < -0.39 is 0 Å².